The Bertz CT molecular complexity index is 574. The van der Waals surface area contributed by atoms with E-state index in [1.807, 2.05) is 0 Å². The number of anilines is 1. The van der Waals surface area contributed by atoms with E-state index in [0.29, 0.717) is 6.42 Å². The van der Waals surface area contributed by atoms with Gasteiger partial charge in [-0.2, -0.15) is 0 Å². The molecule has 1 aromatic rings. The van der Waals surface area contributed by atoms with Crippen LogP contribution >= 0.6 is 0 Å². The van der Waals surface area contributed by atoms with Gasteiger partial charge in [0.05, 0.1) is 6.54 Å². The average molecular weight is 325 g/mol. The van der Waals surface area contributed by atoms with Crippen molar-refractivity contribution in [3.8, 4) is 0 Å². The zero-order valence-corrected chi connectivity index (χ0v) is 13.0. The van der Waals surface area contributed by atoms with Gasteiger partial charge in [-0.15, -0.1) is 0 Å². The molecule has 2 atom stereocenters. The van der Waals surface area contributed by atoms with Crippen LogP contribution in [-0.2, 0) is 9.59 Å². The highest BCUT2D eigenvalue weighted by Crippen LogP contribution is 2.27. The lowest BCUT2D eigenvalue weighted by Gasteiger charge is -2.21. The number of nitrogens with zero attached hydrogens (tertiary/aromatic N) is 1. The molecule has 0 saturated heterocycles. The molecule has 1 aliphatic carbocycles. The molecule has 7 heteroatoms. The number of rotatable bonds is 5. The fourth-order valence-electron chi connectivity index (χ4n) is 2.83. The van der Waals surface area contributed by atoms with E-state index in [-0.39, 0.29) is 30.1 Å². The van der Waals surface area contributed by atoms with Gasteiger partial charge in [-0.25, -0.2) is 8.78 Å². The highest BCUT2D eigenvalue weighted by Gasteiger charge is 2.27. The molecular formula is C16H21F2N3O2. The Morgan fingerprint density at radius 2 is 1.91 bits per heavy atom. The van der Waals surface area contributed by atoms with E-state index in [1.54, 1.807) is 0 Å². The van der Waals surface area contributed by atoms with Crippen molar-refractivity contribution in [2.45, 2.75) is 31.7 Å². The lowest BCUT2D eigenvalue weighted by molar-refractivity contribution is -0.134. The summed E-state index contributed by atoms with van der Waals surface area (Å²) in [6.45, 7) is -0.182. The van der Waals surface area contributed by atoms with E-state index in [1.165, 1.54) is 11.9 Å². The lowest BCUT2D eigenvalue weighted by Crippen LogP contribution is -2.37. The molecule has 0 spiro atoms. The second-order valence-corrected chi connectivity index (χ2v) is 6.02. The highest BCUT2D eigenvalue weighted by atomic mass is 19.1. The number of hydrogen-bond acceptors (Lipinski definition) is 3. The second kappa shape index (κ2) is 7.50. The number of amides is 2. The number of halogens is 2. The van der Waals surface area contributed by atoms with E-state index < -0.39 is 17.5 Å². The average Bonchev–Trinajstić information content (AvgIpc) is 2.82. The maximum atomic E-state index is 13.1. The molecular weight excluding hydrogens is 304 g/mol. The minimum absolute atomic E-state index is 0.0196. The molecule has 23 heavy (non-hydrogen) atoms. The summed E-state index contributed by atoms with van der Waals surface area (Å²) in [5.74, 6) is -2.07. The maximum Gasteiger partial charge on any atom is 0.243 e. The Balaban J connectivity index is 1.85. The Kier molecular flexibility index (Phi) is 5.65. The number of likely N-dealkylation sites (N-methyl/N-ethyl adjacent to an activating group) is 1. The summed E-state index contributed by atoms with van der Waals surface area (Å²) in [5, 5.41) is 2.37. The van der Waals surface area contributed by atoms with Crippen LogP contribution in [0.1, 0.15) is 25.7 Å². The lowest BCUT2D eigenvalue weighted by atomic mass is 9.99. The topological polar surface area (TPSA) is 75.4 Å². The van der Waals surface area contributed by atoms with Crippen LogP contribution in [0.2, 0.25) is 0 Å². The number of carbonyl (C=O) groups excluding carboxylic acids is 2. The Labute approximate surface area is 133 Å². The zero-order valence-electron chi connectivity index (χ0n) is 13.0. The van der Waals surface area contributed by atoms with Crippen molar-refractivity contribution in [2.75, 3.05) is 18.9 Å². The zero-order chi connectivity index (χ0) is 17.0. The van der Waals surface area contributed by atoms with Gasteiger partial charge in [0.25, 0.3) is 0 Å². The van der Waals surface area contributed by atoms with E-state index in [0.717, 1.165) is 37.5 Å². The van der Waals surface area contributed by atoms with E-state index in [2.05, 4.69) is 5.32 Å². The van der Waals surface area contributed by atoms with Gasteiger partial charge in [0.15, 0.2) is 0 Å². The Morgan fingerprint density at radius 1 is 1.26 bits per heavy atom. The molecule has 0 unspecified atom stereocenters. The van der Waals surface area contributed by atoms with E-state index in [4.69, 9.17) is 5.73 Å². The van der Waals surface area contributed by atoms with E-state index >= 15 is 0 Å². The molecule has 3 N–H and O–H groups in total. The van der Waals surface area contributed by atoms with Gasteiger partial charge in [0.2, 0.25) is 11.8 Å². The minimum atomic E-state index is -0.778. The summed E-state index contributed by atoms with van der Waals surface area (Å²) in [7, 11) is 1.52. The monoisotopic (exact) mass is 325 g/mol. The molecule has 1 aromatic carbocycles. The van der Waals surface area contributed by atoms with Crippen LogP contribution in [0.25, 0.3) is 0 Å². The molecule has 1 fully saturated rings. The normalized spacial score (nSPS) is 20.3. The summed E-state index contributed by atoms with van der Waals surface area (Å²) in [6, 6.07) is 2.79. The van der Waals surface area contributed by atoms with Crippen LogP contribution in [0.3, 0.4) is 0 Å². The van der Waals surface area contributed by atoms with Crippen LogP contribution in [0.5, 0.6) is 0 Å². The Morgan fingerprint density at radius 3 is 2.48 bits per heavy atom. The first-order valence-corrected chi connectivity index (χ1v) is 7.60. The Hall–Kier alpha value is -2.02. The van der Waals surface area contributed by atoms with Crippen molar-refractivity contribution in [3.63, 3.8) is 0 Å². The first kappa shape index (κ1) is 17.3. The third kappa shape index (κ3) is 4.99. The summed E-state index contributed by atoms with van der Waals surface area (Å²) in [4.78, 5) is 25.3. The minimum Gasteiger partial charge on any atom is -0.336 e. The molecule has 0 bridgehead atoms. The van der Waals surface area contributed by atoms with Crippen molar-refractivity contribution < 1.29 is 18.4 Å². The molecule has 0 heterocycles. The van der Waals surface area contributed by atoms with E-state index in [9.17, 15) is 18.4 Å². The largest absolute Gasteiger partial charge is 0.336 e. The number of nitrogens with two attached hydrogens (primary N) is 1. The van der Waals surface area contributed by atoms with Gasteiger partial charge in [-0.1, -0.05) is 6.42 Å². The molecule has 126 valence electrons. The molecule has 0 aliphatic heterocycles. The fraction of sp³-hybridized carbons (Fsp3) is 0.500. The maximum absolute atomic E-state index is 13.1. The van der Waals surface area contributed by atoms with Gasteiger partial charge in [0, 0.05) is 31.3 Å². The summed E-state index contributed by atoms with van der Waals surface area (Å²) in [5.41, 5.74) is 5.96. The second-order valence-electron chi connectivity index (χ2n) is 6.02. The first-order valence-electron chi connectivity index (χ1n) is 7.60. The number of hydrogen-bond donors (Lipinski definition) is 2. The molecule has 2 rings (SSSR count). The third-order valence-electron chi connectivity index (χ3n) is 4.11. The number of nitrogens with one attached hydrogen (secondary N) is 1. The SMILES string of the molecule is CN(CC(=O)Nc1cc(F)cc(F)c1)C(=O)C[C@@H]1CCC[C@H]1N. The smallest absolute Gasteiger partial charge is 0.243 e. The van der Waals surface area contributed by atoms with Crippen LogP contribution in [0, 0.1) is 17.6 Å². The van der Waals surface area contributed by atoms with Gasteiger partial charge in [-0.3, -0.25) is 9.59 Å². The molecule has 5 nitrogen and oxygen atoms in total. The predicted octanol–water partition coefficient (Wildman–Crippen LogP) is 1.88. The fourth-order valence-corrected chi connectivity index (χ4v) is 2.83. The van der Waals surface area contributed by atoms with Gasteiger partial charge < -0.3 is 16.0 Å². The van der Waals surface area contributed by atoms with Crippen LogP contribution in [0.4, 0.5) is 14.5 Å². The molecule has 0 aromatic heterocycles. The van der Waals surface area contributed by atoms with Crippen LogP contribution in [0.15, 0.2) is 18.2 Å². The highest BCUT2D eigenvalue weighted by molar-refractivity contribution is 5.94. The van der Waals surface area contributed by atoms with Gasteiger partial charge >= 0.3 is 0 Å². The van der Waals surface area contributed by atoms with Crippen molar-refractivity contribution in [3.05, 3.63) is 29.8 Å². The quantitative estimate of drug-likeness (QED) is 0.868. The molecule has 1 saturated carbocycles. The molecule has 0 radical (unpaired) electrons. The van der Waals surface area contributed by atoms with Crippen molar-refractivity contribution >= 4 is 17.5 Å². The van der Waals surface area contributed by atoms with Gasteiger partial charge in [0.1, 0.15) is 11.6 Å². The number of benzene rings is 1. The number of carbonyl (C=O) groups is 2. The van der Waals surface area contributed by atoms with Crippen molar-refractivity contribution in [1.82, 2.24) is 4.90 Å². The van der Waals surface area contributed by atoms with Crippen LogP contribution < -0.4 is 11.1 Å². The standard InChI is InChI=1S/C16H21F2N3O2/c1-21(16(23)5-10-3-2-4-14(10)19)9-15(22)20-13-7-11(17)6-12(18)8-13/h6-8,10,14H,2-5,9,19H2,1H3,(H,20,22)/t10-,14+/m0/s1. The van der Waals surface area contributed by atoms with Gasteiger partial charge in [-0.05, 0) is 30.9 Å². The molecule has 2 amide bonds. The van der Waals surface area contributed by atoms with Crippen molar-refractivity contribution in [2.24, 2.45) is 11.7 Å². The third-order valence-corrected chi connectivity index (χ3v) is 4.11. The molecule has 1 aliphatic rings. The predicted molar refractivity (Wildman–Crippen MR) is 82.6 cm³/mol. The van der Waals surface area contributed by atoms with Crippen molar-refractivity contribution in [1.29, 1.82) is 0 Å². The summed E-state index contributed by atoms with van der Waals surface area (Å²) >= 11 is 0. The summed E-state index contributed by atoms with van der Waals surface area (Å²) < 4.78 is 26.1. The summed E-state index contributed by atoms with van der Waals surface area (Å²) in [6.07, 6.45) is 3.19. The first-order chi connectivity index (χ1) is 10.8. The van der Waals surface area contributed by atoms with Crippen LogP contribution in [-0.4, -0.2) is 36.3 Å².